The Kier molecular flexibility index (Phi) is 3.89. The highest BCUT2D eigenvalue weighted by Crippen LogP contribution is 2.37. The van der Waals surface area contributed by atoms with Crippen LogP contribution in [0.25, 0.3) is 0 Å². The van der Waals surface area contributed by atoms with Crippen LogP contribution < -0.4 is 5.32 Å². The number of aryl methyl sites for hydroxylation is 1. The molecular weight excluding hydrogens is 276 g/mol. The van der Waals surface area contributed by atoms with Crippen LogP contribution in [0.4, 0.5) is 11.6 Å². The lowest BCUT2D eigenvalue weighted by molar-refractivity contribution is -0.388. The fraction of sp³-hybridized carbons (Fsp3) is 0.692. The van der Waals surface area contributed by atoms with Gasteiger partial charge in [0.15, 0.2) is 0 Å². The Hall–Kier alpha value is -2.12. The lowest BCUT2D eigenvalue weighted by Crippen LogP contribution is -2.49. The number of imidazole rings is 1. The molecule has 0 spiro atoms. The number of nitrogens with zero attached hydrogens (tertiary/aromatic N) is 3. The van der Waals surface area contributed by atoms with E-state index in [1.807, 2.05) is 0 Å². The summed E-state index contributed by atoms with van der Waals surface area (Å²) in [4.78, 5) is 26.1. The van der Waals surface area contributed by atoms with E-state index in [0.29, 0.717) is 24.6 Å². The molecule has 1 aliphatic carbocycles. The molecule has 1 heterocycles. The lowest BCUT2D eigenvalue weighted by atomic mass is 9.77. The fourth-order valence-corrected chi connectivity index (χ4v) is 2.73. The Bertz CT molecular complexity index is 573. The van der Waals surface area contributed by atoms with Gasteiger partial charge in [0.2, 0.25) is 11.6 Å². The predicted molar refractivity (Wildman–Crippen MR) is 76.2 cm³/mol. The van der Waals surface area contributed by atoms with Gasteiger partial charge in [0.05, 0.1) is 0 Å². The normalized spacial score (nSPS) is 25.6. The monoisotopic (exact) mass is 296 g/mol. The van der Waals surface area contributed by atoms with Crippen LogP contribution in [-0.2, 0) is 11.8 Å². The second-order valence-corrected chi connectivity index (χ2v) is 5.84. The van der Waals surface area contributed by atoms with E-state index in [9.17, 15) is 20.0 Å². The van der Waals surface area contributed by atoms with Crippen molar-refractivity contribution >= 4 is 17.6 Å². The third kappa shape index (κ3) is 2.70. The van der Waals surface area contributed by atoms with Crippen LogP contribution in [0.15, 0.2) is 0 Å². The number of carbonyl (C=O) groups is 1. The van der Waals surface area contributed by atoms with E-state index in [-0.39, 0.29) is 11.6 Å². The quantitative estimate of drug-likeness (QED) is 0.650. The zero-order valence-corrected chi connectivity index (χ0v) is 12.4. The van der Waals surface area contributed by atoms with E-state index in [1.165, 1.54) is 4.57 Å². The smallest absolute Gasteiger partial charge is 0.406 e. The summed E-state index contributed by atoms with van der Waals surface area (Å²) in [5.74, 6) is -0.192. The minimum Gasteiger partial charge on any atom is -0.480 e. The Balaban J connectivity index is 2.38. The molecule has 0 atom stereocenters. The first-order chi connectivity index (χ1) is 9.77. The Morgan fingerprint density at radius 1 is 1.52 bits per heavy atom. The molecule has 1 fully saturated rings. The number of nitro groups is 1. The molecule has 8 nitrogen and oxygen atoms in total. The molecule has 0 bridgehead atoms. The molecule has 116 valence electrons. The highest BCUT2D eigenvalue weighted by atomic mass is 16.6. The van der Waals surface area contributed by atoms with E-state index in [2.05, 4.69) is 17.2 Å². The second-order valence-electron chi connectivity index (χ2n) is 5.84. The number of carboxylic acids is 1. The SMILES string of the molecule is Cc1nc([N+](=O)[O-])c(NC2(C(=O)O)CCC(C)CC2)n1C. The van der Waals surface area contributed by atoms with Gasteiger partial charge in [-0.2, -0.15) is 0 Å². The molecule has 1 aromatic heterocycles. The summed E-state index contributed by atoms with van der Waals surface area (Å²) in [6, 6.07) is 0. The van der Waals surface area contributed by atoms with Gasteiger partial charge >= 0.3 is 11.8 Å². The van der Waals surface area contributed by atoms with Crippen molar-refractivity contribution in [3.8, 4) is 0 Å². The maximum absolute atomic E-state index is 11.7. The molecule has 2 rings (SSSR count). The van der Waals surface area contributed by atoms with Crippen molar-refractivity contribution in [2.75, 3.05) is 5.32 Å². The van der Waals surface area contributed by atoms with Crippen LogP contribution in [0.2, 0.25) is 0 Å². The van der Waals surface area contributed by atoms with E-state index in [4.69, 9.17) is 0 Å². The van der Waals surface area contributed by atoms with Gasteiger partial charge in [0, 0.05) is 14.0 Å². The van der Waals surface area contributed by atoms with Crippen LogP contribution in [0, 0.1) is 23.0 Å². The van der Waals surface area contributed by atoms with Gasteiger partial charge in [0.25, 0.3) is 0 Å². The maximum atomic E-state index is 11.7. The molecule has 0 aliphatic heterocycles. The minimum atomic E-state index is -1.16. The number of nitrogens with one attached hydrogen (secondary N) is 1. The zero-order chi connectivity index (χ0) is 15.8. The summed E-state index contributed by atoms with van der Waals surface area (Å²) >= 11 is 0. The molecule has 21 heavy (non-hydrogen) atoms. The fourth-order valence-electron chi connectivity index (χ4n) is 2.73. The first-order valence-corrected chi connectivity index (χ1v) is 6.96. The Morgan fingerprint density at radius 2 is 2.10 bits per heavy atom. The highest BCUT2D eigenvalue weighted by molar-refractivity contribution is 5.83. The van der Waals surface area contributed by atoms with Crippen molar-refractivity contribution in [1.29, 1.82) is 0 Å². The molecule has 1 saturated carbocycles. The van der Waals surface area contributed by atoms with Crippen molar-refractivity contribution in [1.82, 2.24) is 9.55 Å². The van der Waals surface area contributed by atoms with E-state index in [0.717, 1.165) is 12.8 Å². The number of carboxylic acid groups (broad SMARTS) is 1. The number of hydrogen-bond donors (Lipinski definition) is 2. The third-order valence-electron chi connectivity index (χ3n) is 4.37. The van der Waals surface area contributed by atoms with Gasteiger partial charge in [-0.3, -0.25) is 4.57 Å². The molecule has 1 aromatic rings. The lowest BCUT2D eigenvalue weighted by Gasteiger charge is -2.36. The van der Waals surface area contributed by atoms with Crippen LogP contribution >= 0.6 is 0 Å². The number of aliphatic carboxylic acids is 1. The van der Waals surface area contributed by atoms with Gasteiger partial charge in [-0.1, -0.05) is 6.92 Å². The van der Waals surface area contributed by atoms with Crippen LogP contribution in [0.3, 0.4) is 0 Å². The van der Waals surface area contributed by atoms with Crippen molar-refractivity contribution in [2.45, 2.75) is 45.1 Å². The summed E-state index contributed by atoms with van der Waals surface area (Å²) in [7, 11) is 1.64. The summed E-state index contributed by atoms with van der Waals surface area (Å²) in [5.41, 5.74) is -1.16. The van der Waals surface area contributed by atoms with Crippen LogP contribution in [-0.4, -0.2) is 31.1 Å². The van der Waals surface area contributed by atoms with E-state index >= 15 is 0 Å². The van der Waals surface area contributed by atoms with Crippen molar-refractivity contribution in [3.63, 3.8) is 0 Å². The summed E-state index contributed by atoms with van der Waals surface area (Å²) in [6.45, 7) is 3.73. The molecule has 0 unspecified atom stereocenters. The van der Waals surface area contributed by atoms with Crippen molar-refractivity contribution < 1.29 is 14.8 Å². The number of anilines is 1. The van der Waals surface area contributed by atoms with Gasteiger partial charge in [0.1, 0.15) is 5.54 Å². The number of aromatic nitrogens is 2. The standard InChI is InChI=1S/C13H20N4O4/c1-8-4-6-13(7-5-8,12(18)19)15-11-10(17(20)21)14-9(2)16(11)3/h8,15H,4-7H2,1-3H3,(H,18,19). The molecular formula is C13H20N4O4. The Labute approximate surface area is 122 Å². The third-order valence-corrected chi connectivity index (χ3v) is 4.37. The number of hydrogen-bond acceptors (Lipinski definition) is 5. The number of rotatable bonds is 4. The topological polar surface area (TPSA) is 110 Å². The van der Waals surface area contributed by atoms with Crippen molar-refractivity contribution in [3.05, 3.63) is 15.9 Å². The highest BCUT2D eigenvalue weighted by Gasteiger charge is 2.43. The molecule has 1 aliphatic rings. The molecule has 2 N–H and O–H groups in total. The largest absolute Gasteiger partial charge is 0.480 e. The average Bonchev–Trinajstić information content (AvgIpc) is 2.69. The maximum Gasteiger partial charge on any atom is 0.406 e. The Morgan fingerprint density at radius 3 is 2.57 bits per heavy atom. The van der Waals surface area contributed by atoms with Crippen LogP contribution in [0.1, 0.15) is 38.4 Å². The van der Waals surface area contributed by atoms with E-state index < -0.39 is 16.4 Å². The molecule has 0 amide bonds. The summed E-state index contributed by atoms with van der Waals surface area (Å²) < 4.78 is 1.53. The van der Waals surface area contributed by atoms with Crippen molar-refractivity contribution in [2.24, 2.45) is 13.0 Å². The van der Waals surface area contributed by atoms with Gasteiger partial charge < -0.3 is 20.5 Å². The molecule has 0 aromatic carbocycles. The zero-order valence-electron chi connectivity index (χ0n) is 12.4. The predicted octanol–water partition coefficient (Wildman–Crippen LogP) is 2.08. The first-order valence-electron chi connectivity index (χ1n) is 6.96. The van der Waals surface area contributed by atoms with Gasteiger partial charge in [-0.15, -0.1) is 0 Å². The van der Waals surface area contributed by atoms with E-state index in [1.54, 1.807) is 14.0 Å². The molecule has 8 heteroatoms. The van der Waals surface area contributed by atoms with Gasteiger partial charge in [-0.25, -0.2) is 4.79 Å². The van der Waals surface area contributed by atoms with Gasteiger partial charge in [-0.05, 0) is 41.5 Å². The van der Waals surface area contributed by atoms with Crippen LogP contribution in [0.5, 0.6) is 0 Å². The first kappa shape index (κ1) is 15.3. The second kappa shape index (κ2) is 5.34. The summed E-state index contributed by atoms with van der Waals surface area (Å²) in [6.07, 6.45) is 2.46. The summed E-state index contributed by atoms with van der Waals surface area (Å²) in [5, 5.41) is 23.6. The average molecular weight is 296 g/mol. The minimum absolute atomic E-state index is 0.162. The molecule has 0 saturated heterocycles. The molecule has 0 radical (unpaired) electrons.